The first-order valence-corrected chi connectivity index (χ1v) is 6.83. The fourth-order valence-corrected chi connectivity index (χ4v) is 1.82. The smallest absolute Gasteiger partial charge is 0.419 e. The molecule has 1 aromatic rings. The van der Waals surface area contributed by atoms with Crippen LogP contribution in [0.15, 0.2) is 18.2 Å². The van der Waals surface area contributed by atoms with Crippen molar-refractivity contribution in [3.05, 3.63) is 29.3 Å². The number of benzene rings is 1. The third kappa shape index (κ3) is 5.93. The van der Waals surface area contributed by atoms with Crippen LogP contribution in [0.25, 0.3) is 0 Å². The highest BCUT2D eigenvalue weighted by atomic mass is 19.4. The van der Waals surface area contributed by atoms with E-state index in [2.05, 4.69) is 5.32 Å². The van der Waals surface area contributed by atoms with Gasteiger partial charge in [0.15, 0.2) is 0 Å². The minimum atomic E-state index is -4.45. The number of nitrogens with one attached hydrogen (secondary N) is 1. The van der Waals surface area contributed by atoms with Crippen molar-refractivity contribution in [3.8, 4) is 5.75 Å². The fourth-order valence-electron chi connectivity index (χ4n) is 1.82. The van der Waals surface area contributed by atoms with E-state index in [4.69, 9.17) is 9.47 Å². The van der Waals surface area contributed by atoms with E-state index in [1.165, 1.54) is 13.2 Å². The van der Waals surface area contributed by atoms with Crippen LogP contribution in [0.5, 0.6) is 5.75 Å². The Morgan fingerprint density at radius 2 is 1.86 bits per heavy atom. The van der Waals surface area contributed by atoms with E-state index in [0.29, 0.717) is 12.1 Å². The van der Waals surface area contributed by atoms with Gasteiger partial charge in [0.05, 0.1) is 12.2 Å². The lowest BCUT2D eigenvalue weighted by Gasteiger charge is -2.19. The number of hydrogen-bond acceptors (Lipinski definition) is 3. The van der Waals surface area contributed by atoms with Crippen molar-refractivity contribution in [3.63, 3.8) is 0 Å². The lowest BCUT2D eigenvalue weighted by atomic mass is 10.1. The van der Waals surface area contributed by atoms with E-state index < -0.39 is 17.8 Å². The molecule has 0 fully saturated rings. The molecule has 0 aliphatic heterocycles. The summed E-state index contributed by atoms with van der Waals surface area (Å²) in [5, 5.41) is 3.09. The first-order valence-electron chi connectivity index (χ1n) is 6.83. The van der Waals surface area contributed by atoms with Crippen molar-refractivity contribution in [2.75, 3.05) is 13.7 Å². The van der Waals surface area contributed by atoms with E-state index in [1.54, 1.807) is 13.0 Å². The molecular formula is C15H22F3NO2. The van der Waals surface area contributed by atoms with E-state index in [-0.39, 0.29) is 18.4 Å². The predicted octanol–water partition coefficient (Wildman–Crippen LogP) is 3.62. The second kappa shape index (κ2) is 7.66. The van der Waals surface area contributed by atoms with Gasteiger partial charge in [0, 0.05) is 19.7 Å². The van der Waals surface area contributed by atoms with Crippen LogP contribution in [-0.4, -0.2) is 25.9 Å². The van der Waals surface area contributed by atoms with Gasteiger partial charge in [-0.15, -0.1) is 0 Å². The van der Waals surface area contributed by atoms with Gasteiger partial charge in [-0.1, -0.05) is 19.9 Å². The number of ether oxygens (including phenoxy) is 2. The number of halogens is 3. The van der Waals surface area contributed by atoms with Gasteiger partial charge in [-0.2, -0.15) is 13.2 Å². The Balaban J connectivity index is 2.97. The molecule has 1 rings (SSSR count). The maximum atomic E-state index is 13.1. The molecule has 0 aliphatic carbocycles. The summed E-state index contributed by atoms with van der Waals surface area (Å²) in [5.41, 5.74) is -0.184. The molecule has 21 heavy (non-hydrogen) atoms. The van der Waals surface area contributed by atoms with Crippen molar-refractivity contribution < 1.29 is 22.6 Å². The SMILES string of the molecule is COCC(C)Oc1ccc(CNC(C)C)cc1C(F)(F)F. The van der Waals surface area contributed by atoms with Gasteiger partial charge in [-0.3, -0.25) is 0 Å². The van der Waals surface area contributed by atoms with Gasteiger partial charge in [0.1, 0.15) is 11.9 Å². The van der Waals surface area contributed by atoms with E-state index in [9.17, 15) is 13.2 Å². The minimum absolute atomic E-state index is 0.166. The van der Waals surface area contributed by atoms with Crippen molar-refractivity contribution in [1.29, 1.82) is 0 Å². The summed E-state index contributed by atoms with van der Waals surface area (Å²) < 4.78 is 49.6. The first-order chi connectivity index (χ1) is 9.74. The van der Waals surface area contributed by atoms with E-state index in [1.807, 2.05) is 13.8 Å². The maximum absolute atomic E-state index is 13.1. The maximum Gasteiger partial charge on any atom is 0.419 e. The molecule has 1 unspecified atom stereocenters. The Morgan fingerprint density at radius 3 is 2.38 bits per heavy atom. The summed E-state index contributed by atoms with van der Waals surface area (Å²) >= 11 is 0. The van der Waals surface area contributed by atoms with Crippen LogP contribution in [0.2, 0.25) is 0 Å². The second-order valence-electron chi connectivity index (χ2n) is 5.25. The van der Waals surface area contributed by atoms with Gasteiger partial charge in [0.2, 0.25) is 0 Å². The monoisotopic (exact) mass is 305 g/mol. The number of rotatable bonds is 7. The van der Waals surface area contributed by atoms with Crippen LogP contribution in [0, 0.1) is 0 Å². The van der Waals surface area contributed by atoms with Crippen molar-refractivity contribution >= 4 is 0 Å². The van der Waals surface area contributed by atoms with Crippen molar-refractivity contribution in [1.82, 2.24) is 5.32 Å². The van der Waals surface area contributed by atoms with E-state index in [0.717, 1.165) is 6.07 Å². The zero-order valence-electron chi connectivity index (χ0n) is 12.8. The molecule has 1 N–H and O–H groups in total. The van der Waals surface area contributed by atoms with Crippen LogP contribution in [-0.2, 0) is 17.5 Å². The molecule has 0 heterocycles. The van der Waals surface area contributed by atoms with Gasteiger partial charge >= 0.3 is 6.18 Å². The molecule has 3 nitrogen and oxygen atoms in total. The molecule has 0 saturated heterocycles. The topological polar surface area (TPSA) is 30.5 Å². The molecule has 0 aliphatic rings. The molecule has 0 saturated carbocycles. The van der Waals surface area contributed by atoms with Crippen LogP contribution in [0.1, 0.15) is 31.9 Å². The zero-order chi connectivity index (χ0) is 16.0. The fraction of sp³-hybridized carbons (Fsp3) is 0.600. The number of alkyl halides is 3. The van der Waals surface area contributed by atoms with E-state index >= 15 is 0 Å². The molecule has 0 spiro atoms. The van der Waals surface area contributed by atoms with Gasteiger partial charge in [0.25, 0.3) is 0 Å². The van der Waals surface area contributed by atoms with Crippen molar-refractivity contribution in [2.24, 2.45) is 0 Å². The largest absolute Gasteiger partial charge is 0.488 e. The Hall–Kier alpha value is -1.27. The Labute approximate surface area is 123 Å². The molecule has 1 atom stereocenters. The molecule has 0 radical (unpaired) electrons. The predicted molar refractivity (Wildman–Crippen MR) is 75.4 cm³/mol. The summed E-state index contributed by atoms with van der Waals surface area (Å²) in [6, 6.07) is 4.34. The highest BCUT2D eigenvalue weighted by molar-refractivity contribution is 5.39. The Morgan fingerprint density at radius 1 is 1.19 bits per heavy atom. The lowest BCUT2D eigenvalue weighted by molar-refractivity contribution is -0.139. The highest BCUT2D eigenvalue weighted by Gasteiger charge is 2.35. The molecule has 0 aromatic heterocycles. The summed E-state index contributed by atoms with van der Waals surface area (Å²) in [6.07, 6.45) is -4.90. The molecule has 0 amide bonds. The van der Waals surface area contributed by atoms with Crippen LogP contribution >= 0.6 is 0 Å². The van der Waals surface area contributed by atoms with Crippen LogP contribution in [0.4, 0.5) is 13.2 Å². The second-order valence-corrected chi connectivity index (χ2v) is 5.25. The third-order valence-corrected chi connectivity index (χ3v) is 2.79. The number of hydrogen-bond donors (Lipinski definition) is 1. The Bertz CT molecular complexity index is 447. The normalized spacial score (nSPS) is 13.5. The number of methoxy groups -OCH3 is 1. The third-order valence-electron chi connectivity index (χ3n) is 2.79. The zero-order valence-corrected chi connectivity index (χ0v) is 12.8. The minimum Gasteiger partial charge on any atom is -0.488 e. The van der Waals surface area contributed by atoms with Crippen molar-refractivity contribution in [2.45, 2.75) is 45.6 Å². The Kier molecular flexibility index (Phi) is 6.48. The van der Waals surface area contributed by atoms with Crippen LogP contribution < -0.4 is 10.1 Å². The quantitative estimate of drug-likeness (QED) is 0.834. The summed E-state index contributed by atoms with van der Waals surface area (Å²) in [4.78, 5) is 0. The summed E-state index contributed by atoms with van der Waals surface area (Å²) in [5.74, 6) is -0.166. The molecular weight excluding hydrogens is 283 g/mol. The summed E-state index contributed by atoms with van der Waals surface area (Å²) in [6.45, 7) is 6.16. The highest BCUT2D eigenvalue weighted by Crippen LogP contribution is 2.37. The van der Waals surface area contributed by atoms with Gasteiger partial charge in [-0.05, 0) is 24.6 Å². The average Bonchev–Trinajstić information content (AvgIpc) is 2.36. The van der Waals surface area contributed by atoms with Crippen LogP contribution in [0.3, 0.4) is 0 Å². The molecule has 120 valence electrons. The average molecular weight is 305 g/mol. The van der Waals surface area contributed by atoms with Gasteiger partial charge in [-0.25, -0.2) is 0 Å². The first kappa shape index (κ1) is 17.8. The molecule has 0 bridgehead atoms. The molecule has 6 heteroatoms. The standard InChI is InChI=1S/C15H22F3NO2/c1-10(2)19-8-12-5-6-14(21-11(3)9-20-4)13(7-12)15(16,17)18/h5-7,10-11,19H,8-9H2,1-4H3. The lowest BCUT2D eigenvalue weighted by Crippen LogP contribution is -2.23. The van der Waals surface area contributed by atoms with Gasteiger partial charge < -0.3 is 14.8 Å². The molecule has 1 aromatic carbocycles. The summed E-state index contributed by atoms with van der Waals surface area (Å²) in [7, 11) is 1.48.